The first-order valence-corrected chi connectivity index (χ1v) is 9.79. The zero-order chi connectivity index (χ0) is 19.2. The summed E-state index contributed by atoms with van der Waals surface area (Å²) in [5.41, 5.74) is -0.608. The first kappa shape index (κ1) is 18.5. The number of fused-ring (bicyclic) bond motifs is 2. The van der Waals surface area contributed by atoms with Gasteiger partial charge in [0.1, 0.15) is 0 Å². The number of halogens is 2. The fraction of sp³-hybridized carbons (Fsp3) is 0.579. The fourth-order valence-corrected chi connectivity index (χ4v) is 4.62. The third kappa shape index (κ3) is 3.17. The second-order valence-electron chi connectivity index (χ2n) is 7.67. The Kier molecular flexibility index (Phi) is 4.76. The molecule has 0 aliphatic carbocycles. The van der Waals surface area contributed by atoms with Crippen LogP contribution in [0.5, 0.6) is 0 Å². The van der Waals surface area contributed by atoms with Gasteiger partial charge in [0.2, 0.25) is 5.91 Å². The van der Waals surface area contributed by atoms with Crippen LogP contribution in [0.2, 0.25) is 5.02 Å². The molecular formula is C19H23ClFN3O3. The number of likely N-dealkylation sites (tertiary alicyclic amines) is 1. The number of ether oxygens (including phenoxy) is 1. The zero-order valence-electron chi connectivity index (χ0n) is 15.2. The number of anilines is 1. The Balaban J connectivity index is 1.70. The minimum absolute atomic E-state index is 0.0114. The summed E-state index contributed by atoms with van der Waals surface area (Å²) in [5.74, 6) is -0.593. The van der Waals surface area contributed by atoms with Crippen molar-refractivity contribution in [3.05, 3.63) is 28.5 Å². The molecule has 3 heterocycles. The van der Waals surface area contributed by atoms with Crippen LogP contribution in [-0.4, -0.2) is 42.6 Å². The summed E-state index contributed by atoms with van der Waals surface area (Å²) in [6.07, 6.45) is 2.01. The maximum Gasteiger partial charge on any atom is 0.412 e. The van der Waals surface area contributed by atoms with E-state index in [-0.39, 0.29) is 35.0 Å². The molecule has 2 atom stereocenters. The Bertz CT molecular complexity index is 784. The molecule has 2 saturated heterocycles. The second kappa shape index (κ2) is 6.95. The summed E-state index contributed by atoms with van der Waals surface area (Å²) >= 11 is 6.00. The van der Waals surface area contributed by atoms with Crippen LogP contribution in [0.3, 0.4) is 0 Å². The number of nitrogens with zero attached hydrogens (tertiary/aromatic N) is 1. The lowest BCUT2D eigenvalue weighted by Gasteiger charge is -2.48. The lowest BCUT2D eigenvalue weighted by molar-refractivity contribution is -0.148. The van der Waals surface area contributed by atoms with Gasteiger partial charge >= 0.3 is 6.09 Å². The highest BCUT2D eigenvalue weighted by Crippen LogP contribution is 2.46. The first-order chi connectivity index (χ1) is 12.9. The highest BCUT2D eigenvalue weighted by Gasteiger charge is 2.50. The van der Waals surface area contributed by atoms with Crippen LogP contribution < -0.4 is 10.6 Å². The molecule has 0 bridgehead atoms. The summed E-state index contributed by atoms with van der Waals surface area (Å²) in [4.78, 5) is 27.1. The smallest absolute Gasteiger partial charge is 0.412 e. The SMILES string of the molecule is CC1CCC2(CN1C(=O)C1CCNCC1)OC(=O)Nc1ccc(Cl)c(F)c12. The molecule has 8 heteroatoms. The van der Waals surface area contributed by atoms with Crippen molar-refractivity contribution in [1.82, 2.24) is 10.2 Å². The molecule has 4 rings (SSSR count). The number of benzene rings is 1. The van der Waals surface area contributed by atoms with Crippen LogP contribution >= 0.6 is 11.6 Å². The fourth-order valence-electron chi connectivity index (χ4n) is 4.46. The maximum absolute atomic E-state index is 14.9. The van der Waals surface area contributed by atoms with Gasteiger partial charge in [-0.05, 0) is 57.8 Å². The lowest BCUT2D eigenvalue weighted by atomic mass is 9.80. The van der Waals surface area contributed by atoms with Crippen molar-refractivity contribution in [2.45, 2.75) is 44.2 Å². The van der Waals surface area contributed by atoms with Crippen LogP contribution in [-0.2, 0) is 15.1 Å². The van der Waals surface area contributed by atoms with E-state index in [1.807, 2.05) is 6.92 Å². The molecule has 1 aromatic rings. The number of carbonyl (C=O) groups is 2. The van der Waals surface area contributed by atoms with E-state index in [9.17, 15) is 14.0 Å². The molecule has 3 aliphatic heterocycles. The van der Waals surface area contributed by atoms with Crippen molar-refractivity contribution in [2.75, 3.05) is 25.0 Å². The van der Waals surface area contributed by atoms with Crippen LogP contribution in [0.25, 0.3) is 0 Å². The maximum atomic E-state index is 14.9. The minimum atomic E-state index is -1.21. The standard InChI is InChI=1S/C19H23ClFN3O3/c1-11-4-7-19(10-24(11)17(25)12-5-8-22-9-6-12)15-14(23-18(26)27-19)3-2-13(20)16(15)21/h2-3,11-12,22H,4-10H2,1H3,(H,23,26). The Morgan fingerprint density at radius 3 is 2.81 bits per heavy atom. The van der Waals surface area contributed by atoms with Gasteiger partial charge in [-0.15, -0.1) is 0 Å². The molecule has 0 radical (unpaired) electrons. The van der Waals surface area contributed by atoms with Gasteiger partial charge in [0.05, 0.1) is 22.8 Å². The third-order valence-electron chi connectivity index (χ3n) is 5.97. The van der Waals surface area contributed by atoms with E-state index in [1.54, 1.807) is 11.0 Å². The Labute approximate surface area is 162 Å². The summed E-state index contributed by atoms with van der Waals surface area (Å²) in [6, 6.07) is 3.01. The number of piperidine rings is 2. The quantitative estimate of drug-likeness (QED) is 0.765. The molecule has 27 heavy (non-hydrogen) atoms. The molecule has 2 fully saturated rings. The first-order valence-electron chi connectivity index (χ1n) is 9.41. The summed E-state index contributed by atoms with van der Waals surface area (Å²) in [5, 5.41) is 5.78. The van der Waals surface area contributed by atoms with Crippen molar-refractivity contribution in [2.24, 2.45) is 5.92 Å². The molecular weight excluding hydrogens is 373 g/mol. The van der Waals surface area contributed by atoms with E-state index < -0.39 is 17.5 Å². The normalized spacial score (nSPS) is 28.5. The average Bonchev–Trinajstić information content (AvgIpc) is 2.66. The van der Waals surface area contributed by atoms with Crippen molar-refractivity contribution in [1.29, 1.82) is 0 Å². The predicted octanol–water partition coefficient (Wildman–Crippen LogP) is 3.25. The van der Waals surface area contributed by atoms with Crippen molar-refractivity contribution in [3.8, 4) is 0 Å². The molecule has 2 N–H and O–H groups in total. The summed E-state index contributed by atoms with van der Waals surface area (Å²) < 4.78 is 20.6. The van der Waals surface area contributed by atoms with Gasteiger partial charge in [-0.3, -0.25) is 10.1 Å². The molecule has 1 spiro atoms. The number of hydrogen-bond acceptors (Lipinski definition) is 4. The number of amides is 2. The molecule has 2 unspecified atom stereocenters. The number of rotatable bonds is 1. The highest BCUT2D eigenvalue weighted by molar-refractivity contribution is 6.31. The molecule has 6 nitrogen and oxygen atoms in total. The number of hydrogen-bond donors (Lipinski definition) is 2. The van der Waals surface area contributed by atoms with Gasteiger partial charge in [-0.1, -0.05) is 11.6 Å². The van der Waals surface area contributed by atoms with E-state index in [0.717, 1.165) is 25.9 Å². The van der Waals surface area contributed by atoms with Gasteiger partial charge in [0.15, 0.2) is 11.4 Å². The van der Waals surface area contributed by atoms with Crippen LogP contribution in [0.4, 0.5) is 14.9 Å². The van der Waals surface area contributed by atoms with Gasteiger partial charge in [-0.2, -0.15) is 0 Å². The van der Waals surface area contributed by atoms with Crippen molar-refractivity contribution >= 4 is 29.3 Å². The summed E-state index contributed by atoms with van der Waals surface area (Å²) in [7, 11) is 0. The Hall–Kier alpha value is -1.86. The summed E-state index contributed by atoms with van der Waals surface area (Å²) in [6.45, 7) is 3.77. The molecule has 146 valence electrons. The minimum Gasteiger partial charge on any atom is -0.436 e. The number of carbonyl (C=O) groups excluding carboxylic acids is 2. The highest BCUT2D eigenvalue weighted by atomic mass is 35.5. The molecule has 2 amide bonds. The van der Waals surface area contributed by atoms with Gasteiger partial charge in [-0.25, -0.2) is 9.18 Å². The van der Waals surface area contributed by atoms with E-state index in [4.69, 9.17) is 16.3 Å². The van der Waals surface area contributed by atoms with Gasteiger partial charge < -0.3 is 15.0 Å². The third-order valence-corrected chi connectivity index (χ3v) is 6.26. The molecule has 3 aliphatic rings. The van der Waals surface area contributed by atoms with E-state index in [2.05, 4.69) is 10.6 Å². The monoisotopic (exact) mass is 395 g/mol. The molecule has 0 saturated carbocycles. The van der Waals surface area contributed by atoms with E-state index in [1.165, 1.54) is 6.07 Å². The molecule has 1 aromatic carbocycles. The van der Waals surface area contributed by atoms with Gasteiger partial charge in [0, 0.05) is 12.0 Å². The van der Waals surface area contributed by atoms with Crippen LogP contribution in [0, 0.1) is 11.7 Å². The average molecular weight is 396 g/mol. The Morgan fingerprint density at radius 2 is 2.07 bits per heavy atom. The topological polar surface area (TPSA) is 70.7 Å². The van der Waals surface area contributed by atoms with Crippen molar-refractivity contribution in [3.63, 3.8) is 0 Å². The zero-order valence-corrected chi connectivity index (χ0v) is 15.9. The molecule has 0 aromatic heterocycles. The largest absolute Gasteiger partial charge is 0.436 e. The van der Waals surface area contributed by atoms with Crippen LogP contribution in [0.15, 0.2) is 12.1 Å². The number of nitrogens with one attached hydrogen (secondary N) is 2. The van der Waals surface area contributed by atoms with E-state index >= 15 is 0 Å². The lowest BCUT2D eigenvalue weighted by Crippen LogP contribution is -2.57. The second-order valence-corrected chi connectivity index (χ2v) is 8.08. The predicted molar refractivity (Wildman–Crippen MR) is 99.2 cm³/mol. The van der Waals surface area contributed by atoms with Gasteiger partial charge in [0.25, 0.3) is 0 Å². The van der Waals surface area contributed by atoms with E-state index in [0.29, 0.717) is 18.5 Å². The Morgan fingerprint density at radius 1 is 1.33 bits per heavy atom. The van der Waals surface area contributed by atoms with Crippen molar-refractivity contribution < 1.29 is 18.7 Å². The van der Waals surface area contributed by atoms with Crippen LogP contribution in [0.1, 0.15) is 38.2 Å².